The summed E-state index contributed by atoms with van der Waals surface area (Å²) < 4.78 is 0. The number of carboxylic acid groups (broad SMARTS) is 1. The molecule has 4 nitrogen and oxygen atoms in total. The zero-order valence-corrected chi connectivity index (χ0v) is 15.2. The lowest BCUT2D eigenvalue weighted by Gasteiger charge is -2.55. The van der Waals surface area contributed by atoms with E-state index in [0.29, 0.717) is 0 Å². The predicted molar refractivity (Wildman–Crippen MR) is 92.3 cm³/mol. The number of hydrogen-bond donors (Lipinski definition) is 2. The van der Waals surface area contributed by atoms with Crippen LogP contribution in [0.5, 0.6) is 0 Å². The highest BCUT2D eigenvalue weighted by atomic mass is 16.4. The van der Waals surface area contributed by atoms with E-state index in [4.69, 9.17) is 0 Å². The fourth-order valence-electron chi connectivity index (χ4n) is 3.99. The highest BCUT2D eigenvalue weighted by Gasteiger charge is 2.47. The van der Waals surface area contributed by atoms with Gasteiger partial charge in [-0.2, -0.15) is 0 Å². The van der Waals surface area contributed by atoms with E-state index in [-0.39, 0.29) is 17.1 Å². The summed E-state index contributed by atoms with van der Waals surface area (Å²) in [5.41, 5.74) is -0.264. The van der Waals surface area contributed by atoms with Gasteiger partial charge in [-0.25, -0.2) is 0 Å². The summed E-state index contributed by atoms with van der Waals surface area (Å²) in [4.78, 5) is 14.1. The molecule has 4 heteroatoms. The summed E-state index contributed by atoms with van der Waals surface area (Å²) in [7, 11) is 0. The molecule has 0 aliphatic carbocycles. The maximum Gasteiger partial charge on any atom is 0.320 e. The summed E-state index contributed by atoms with van der Waals surface area (Å²) in [5.74, 6) is -0.670. The minimum Gasteiger partial charge on any atom is -0.480 e. The average Bonchev–Trinajstić information content (AvgIpc) is 2.38. The zero-order valence-electron chi connectivity index (χ0n) is 15.2. The van der Waals surface area contributed by atoms with E-state index in [1.807, 2.05) is 0 Å². The van der Waals surface area contributed by atoms with Crippen LogP contribution in [0.2, 0.25) is 0 Å². The van der Waals surface area contributed by atoms with E-state index in [1.165, 1.54) is 25.7 Å². The molecule has 130 valence electrons. The van der Waals surface area contributed by atoms with Gasteiger partial charge in [0.05, 0.1) is 0 Å². The van der Waals surface area contributed by atoms with Crippen molar-refractivity contribution in [3.05, 3.63) is 0 Å². The molecular weight excluding hydrogens is 276 g/mol. The van der Waals surface area contributed by atoms with E-state index in [9.17, 15) is 9.90 Å². The number of hydrogen-bond acceptors (Lipinski definition) is 3. The summed E-state index contributed by atoms with van der Waals surface area (Å²) in [5, 5.41) is 13.2. The molecule has 1 rings (SSSR count). The van der Waals surface area contributed by atoms with Gasteiger partial charge in [-0.05, 0) is 34.1 Å². The maximum atomic E-state index is 11.9. The van der Waals surface area contributed by atoms with Crippen molar-refractivity contribution in [1.82, 2.24) is 10.2 Å². The molecule has 1 saturated heterocycles. The Bertz CT molecular complexity index is 337. The van der Waals surface area contributed by atoms with Crippen molar-refractivity contribution in [2.45, 2.75) is 96.7 Å². The minimum absolute atomic E-state index is 0.132. The van der Waals surface area contributed by atoms with E-state index in [0.717, 1.165) is 32.4 Å². The largest absolute Gasteiger partial charge is 0.480 e. The smallest absolute Gasteiger partial charge is 0.320 e. The van der Waals surface area contributed by atoms with Gasteiger partial charge in [0.25, 0.3) is 0 Å². The van der Waals surface area contributed by atoms with E-state index < -0.39 is 5.97 Å². The highest BCUT2D eigenvalue weighted by Crippen LogP contribution is 2.32. The third kappa shape index (κ3) is 5.24. The Morgan fingerprint density at radius 3 is 2.05 bits per heavy atom. The number of nitrogens with zero attached hydrogens (tertiary/aromatic N) is 1. The average molecular weight is 312 g/mol. The Kier molecular flexibility index (Phi) is 7.33. The number of carbonyl (C=O) groups is 1. The first-order valence-corrected chi connectivity index (χ1v) is 8.95. The van der Waals surface area contributed by atoms with Crippen LogP contribution in [0, 0.1) is 0 Å². The Hall–Kier alpha value is -0.610. The molecule has 0 saturated carbocycles. The second kappa shape index (κ2) is 8.30. The molecule has 1 fully saturated rings. The molecule has 0 amide bonds. The zero-order chi connectivity index (χ0) is 16.8. The van der Waals surface area contributed by atoms with Crippen molar-refractivity contribution in [3.8, 4) is 0 Å². The van der Waals surface area contributed by atoms with Gasteiger partial charge < -0.3 is 10.4 Å². The van der Waals surface area contributed by atoms with Crippen molar-refractivity contribution >= 4 is 5.97 Å². The number of carboxylic acids is 1. The molecule has 0 aromatic heterocycles. The van der Waals surface area contributed by atoms with Gasteiger partial charge >= 0.3 is 5.97 Å². The molecule has 0 bridgehead atoms. The molecule has 1 unspecified atom stereocenters. The fourth-order valence-corrected chi connectivity index (χ4v) is 3.99. The number of aliphatic carboxylic acids is 1. The summed E-state index contributed by atoms with van der Waals surface area (Å²) in [6.45, 7) is 12.5. The molecule has 2 N–H and O–H groups in total. The van der Waals surface area contributed by atoms with Crippen molar-refractivity contribution in [1.29, 1.82) is 0 Å². The van der Waals surface area contributed by atoms with Gasteiger partial charge in [0, 0.05) is 24.2 Å². The lowest BCUT2D eigenvalue weighted by atomic mass is 9.85. The number of rotatable bonds is 9. The van der Waals surface area contributed by atoms with Crippen LogP contribution in [-0.4, -0.2) is 46.2 Å². The third-order valence-electron chi connectivity index (χ3n) is 4.85. The lowest BCUT2D eigenvalue weighted by Crippen LogP contribution is -2.71. The summed E-state index contributed by atoms with van der Waals surface area (Å²) in [6.07, 6.45) is 7.97. The normalized spacial score (nSPS) is 22.4. The van der Waals surface area contributed by atoms with Gasteiger partial charge in [0.15, 0.2) is 0 Å². The third-order valence-corrected chi connectivity index (χ3v) is 4.85. The molecule has 0 spiro atoms. The molecule has 1 aliphatic rings. The first-order chi connectivity index (χ1) is 10.2. The topological polar surface area (TPSA) is 52.6 Å². The first-order valence-electron chi connectivity index (χ1n) is 8.95. The molecule has 0 radical (unpaired) electrons. The van der Waals surface area contributed by atoms with Gasteiger partial charge in [-0.15, -0.1) is 0 Å². The second-order valence-electron chi connectivity index (χ2n) is 8.01. The van der Waals surface area contributed by atoms with Crippen molar-refractivity contribution in [2.75, 3.05) is 13.1 Å². The molecular formula is C18H36N2O2. The molecule has 1 aliphatic heterocycles. The van der Waals surface area contributed by atoms with Crippen LogP contribution in [0.4, 0.5) is 0 Å². The van der Waals surface area contributed by atoms with Crippen LogP contribution in [0.1, 0.15) is 79.6 Å². The van der Waals surface area contributed by atoms with Crippen LogP contribution >= 0.6 is 0 Å². The molecule has 1 atom stereocenters. The van der Waals surface area contributed by atoms with Crippen molar-refractivity contribution < 1.29 is 9.90 Å². The molecule has 0 aromatic carbocycles. The van der Waals surface area contributed by atoms with Crippen LogP contribution in [0.3, 0.4) is 0 Å². The molecule has 22 heavy (non-hydrogen) atoms. The van der Waals surface area contributed by atoms with Crippen LogP contribution in [-0.2, 0) is 4.79 Å². The van der Waals surface area contributed by atoms with E-state index >= 15 is 0 Å². The number of unbranched alkanes of at least 4 members (excludes halogenated alkanes) is 5. The Labute approximate surface area is 136 Å². The minimum atomic E-state index is -0.670. The fraction of sp³-hybridized carbons (Fsp3) is 0.944. The Balaban J connectivity index is 2.66. The first kappa shape index (κ1) is 19.4. The SMILES string of the molecule is CCCCCCCCC(C(=O)O)N1C(C)(C)CNCC1(C)C. The number of piperazine rings is 1. The van der Waals surface area contributed by atoms with Crippen molar-refractivity contribution in [2.24, 2.45) is 0 Å². The maximum absolute atomic E-state index is 11.9. The standard InChI is InChI=1S/C18H36N2O2/c1-6-7-8-9-10-11-12-15(16(21)22)20-17(2,3)13-19-14-18(20,4)5/h15,19H,6-14H2,1-5H3,(H,21,22). The Morgan fingerprint density at radius 1 is 1.05 bits per heavy atom. The van der Waals surface area contributed by atoms with Crippen molar-refractivity contribution in [3.63, 3.8) is 0 Å². The number of nitrogens with one attached hydrogen (secondary N) is 1. The van der Waals surface area contributed by atoms with Gasteiger partial charge in [-0.3, -0.25) is 9.69 Å². The quantitative estimate of drug-likeness (QED) is 0.638. The monoisotopic (exact) mass is 312 g/mol. The van der Waals surface area contributed by atoms with Gasteiger partial charge in [0.1, 0.15) is 6.04 Å². The second-order valence-corrected chi connectivity index (χ2v) is 8.01. The van der Waals surface area contributed by atoms with E-state index in [2.05, 4.69) is 44.8 Å². The molecule has 1 heterocycles. The van der Waals surface area contributed by atoms with Crippen LogP contribution in [0.15, 0.2) is 0 Å². The van der Waals surface area contributed by atoms with Gasteiger partial charge in [-0.1, -0.05) is 45.4 Å². The summed E-state index contributed by atoms with van der Waals surface area (Å²) >= 11 is 0. The summed E-state index contributed by atoms with van der Waals surface area (Å²) in [6, 6.07) is -0.377. The molecule has 0 aromatic rings. The van der Waals surface area contributed by atoms with E-state index in [1.54, 1.807) is 0 Å². The van der Waals surface area contributed by atoms with Crippen LogP contribution < -0.4 is 5.32 Å². The Morgan fingerprint density at radius 2 is 1.55 bits per heavy atom. The predicted octanol–water partition coefficient (Wildman–Crippen LogP) is 3.65. The van der Waals surface area contributed by atoms with Crippen LogP contribution in [0.25, 0.3) is 0 Å². The highest BCUT2D eigenvalue weighted by molar-refractivity contribution is 5.73. The van der Waals surface area contributed by atoms with Gasteiger partial charge in [0.2, 0.25) is 0 Å². The lowest BCUT2D eigenvalue weighted by molar-refractivity contribution is -0.153.